The number of carboxylic acid groups (broad SMARTS) is 1. The van der Waals surface area contributed by atoms with Crippen molar-refractivity contribution in [3.05, 3.63) is 0 Å². The Bertz CT molecular complexity index is 529. The van der Waals surface area contributed by atoms with E-state index in [0.29, 0.717) is 19.4 Å². The highest BCUT2D eigenvalue weighted by Crippen LogP contribution is 2.19. The van der Waals surface area contributed by atoms with E-state index in [-0.39, 0.29) is 5.75 Å². The molecule has 10 nitrogen and oxygen atoms in total. The molecule has 4 atom stereocenters. The normalized spacial score (nSPS) is 20.5. The fraction of sp³-hybridized carbons (Fsp3) is 0.714. The first-order valence-electron chi connectivity index (χ1n) is 7.83. The lowest BCUT2D eigenvalue weighted by Crippen LogP contribution is -2.58. The van der Waals surface area contributed by atoms with Crippen LogP contribution in [0.1, 0.15) is 19.8 Å². The maximum atomic E-state index is 12.5. The smallest absolute Gasteiger partial charge is 0.322 e. The topological polar surface area (TPSA) is 162 Å². The van der Waals surface area contributed by atoms with Crippen molar-refractivity contribution < 1.29 is 29.4 Å². The molecule has 25 heavy (non-hydrogen) atoms. The summed E-state index contributed by atoms with van der Waals surface area (Å²) in [5.74, 6) is -2.95. The maximum absolute atomic E-state index is 12.5. The molecular weight excluding hydrogens is 352 g/mol. The van der Waals surface area contributed by atoms with Gasteiger partial charge >= 0.3 is 5.97 Å². The number of carbonyl (C=O) groups excluding carboxylic acids is 3. The molecule has 0 bridgehead atoms. The molecule has 0 saturated carbocycles. The second-order valence-corrected chi connectivity index (χ2v) is 6.18. The van der Waals surface area contributed by atoms with Gasteiger partial charge in [0.15, 0.2) is 0 Å². The van der Waals surface area contributed by atoms with Gasteiger partial charge in [0, 0.05) is 12.3 Å². The van der Waals surface area contributed by atoms with Gasteiger partial charge in [0.1, 0.15) is 18.6 Å². The number of nitrogens with two attached hydrogens (primary N) is 1. The average Bonchev–Trinajstić information content (AvgIpc) is 3.05. The zero-order valence-electron chi connectivity index (χ0n) is 13.8. The molecule has 1 aliphatic rings. The van der Waals surface area contributed by atoms with Crippen LogP contribution in [-0.4, -0.2) is 81.9 Å². The Morgan fingerprint density at radius 1 is 1.36 bits per heavy atom. The van der Waals surface area contributed by atoms with Crippen LogP contribution in [0.3, 0.4) is 0 Å². The number of amides is 3. The summed E-state index contributed by atoms with van der Waals surface area (Å²) in [6, 6.07) is -2.96. The van der Waals surface area contributed by atoms with Gasteiger partial charge in [-0.2, -0.15) is 12.6 Å². The van der Waals surface area contributed by atoms with Gasteiger partial charge in [0.2, 0.25) is 17.7 Å². The number of aliphatic hydroxyl groups excluding tert-OH is 1. The van der Waals surface area contributed by atoms with Crippen molar-refractivity contribution in [2.75, 3.05) is 18.8 Å². The van der Waals surface area contributed by atoms with E-state index >= 15 is 0 Å². The van der Waals surface area contributed by atoms with Crippen LogP contribution in [0.4, 0.5) is 0 Å². The molecule has 0 radical (unpaired) electrons. The summed E-state index contributed by atoms with van der Waals surface area (Å²) in [5, 5.41) is 22.8. The molecule has 11 heteroatoms. The lowest BCUT2D eigenvalue weighted by Gasteiger charge is -2.28. The van der Waals surface area contributed by atoms with Gasteiger partial charge in [0.05, 0.1) is 12.1 Å². The summed E-state index contributed by atoms with van der Waals surface area (Å²) in [6.45, 7) is 1.02. The van der Waals surface area contributed by atoms with E-state index in [9.17, 15) is 24.3 Å². The van der Waals surface area contributed by atoms with E-state index in [4.69, 9.17) is 10.8 Å². The van der Waals surface area contributed by atoms with Crippen molar-refractivity contribution in [1.29, 1.82) is 0 Å². The third-order valence-corrected chi connectivity index (χ3v) is 4.22. The number of nitrogens with zero attached hydrogens (tertiary/aromatic N) is 1. The fourth-order valence-corrected chi connectivity index (χ4v) is 2.68. The summed E-state index contributed by atoms with van der Waals surface area (Å²) < 4.78 is 0. The summed E-state index contributed by atoms with van der Waals surface area (Å²) >= 11 is 3.97. The standard InChI is InChI=1S/C14H24N4O6S/c1-7(19)11(13(23)16-5-10(20)21)17-12(22)9-3-2-4-18(9)14(24)8(15)6-25/h7-9,11,19,25H,2-6,15H2,1H3,(H,16,23)(H,17,22)(H,20,21). The lowest BCUT2D eigenvalue weighted by molar-refractivity contribution is -0.141. The Kier molecular flexibility index (Phi) is 8.13. The molecule has 1 rings (SSSR count). The Labute approximate surface area is 150 Å². The quantitative estimate of drug-likeness (QED) is 0.251. The van der Waals surface area contributed by atoms with Crippen molar-refractivity contribution in [1.82, 2.24) is 15.5 Å². The fourth-order valence-electron chi connectivity index (χ4n) is 2.52. The van der Waals surface area contributed by atoms with Gasteiger partial charge in [-0.25, -0.2) is 0 Å². The summed E-state index contributed by atoms with van der Waals surface area (Å²) in [6.07, 6.45) is -0.239. The Morgan fingerprint density at radius 3 is 2.52 bits per heavy atom. The van der Waals surface area contributed by atoms with E-state index in [0.717, 1.165) is 0 Å². The first-order valence-corrected chi connectivity index (χ1v) is 8.47. The minimum Gasteiger partial charge on any atom is -0.480 e. The van der Waals surface area contributed by atoms with Crippen molar-refractivity contribution in [3.8, 4) is 0 Å². The number of likely N-dealkylation sites (tertiary alicyclic amines) is 1. The van der Waals surface area contributed by atoms with Crippen LogP contribution in [-0.2, 0) is 19.2 Å². The number of carboxylic acids is 1. The summed E-state index contributed by atoms with van der Waals surface area (Å²) in [7, 11) is 0. The minimum atomic E-state index is -1.33. The number of aliphatic hydroxyl groups is 1. The molecule has 0 aromatic carbocycles. The molecule has 0 aliphatic carbocycles. The Morgan fingerprint density at radius 2 is 2.00 bits per heavy atom. The predicted molar refractivity (Wildman–Crippen MR) is 90.8 cm³/mol. The molecule has 0 aromatic rings. The number of carbonyl (C=O) groups is 4. The number of hydrogen-bond donors (Lipinski definition) is 6. The highest BCUT2D eigenvalue weighted by Gasteiger charge is 2.38. The third kappa shape index (κ3) is 5.87. The molecule has 142 valence electrons. The highest BCUT2D eigenvalue weighted by atomic mass is 32.1. The number of hydrogen-bond acceptors (Lipinski definition) is 7. The predicted octanol–water partition coefficient (Wildman–Crippen LogP) is -2.70. The van der Waals surface area contributed by atoms with Crippen LogP contribution < -0.4 is 16.4 Å². The maximum Gasteiger partial charge on any atom is 0.322 e. The minimum absolute atomic E-state index is 0.136. The third-order valence-electron chi connectivity index (χ3n) is 3.83. The summed E-state index contributed by atoms with van der Waals surface area (Å²) in [4.78, 5) is 48.5. The van der Waals surface area contributed by atoms with Gasteiger partial charge in [-0.15, -0.1) is 0 Å². The van der Waals surface area contributed by atoms with Crippen molar-refractivity contribution >= 4 is 36.3 Å². The van der Waals surface area contributed by atoms with Crippen LogP contribution in [0.2, 0.25) is 0 Å². The first-order chi connectivity index (χ1) is 11.7. The van der Waals surface area contributed by atoms with Crippen LogP contribution in [0.15, 0.2) is 0 Å². The van der Waals surface area contributed by atoms with E-state index < -0.39 is 54.5 Å². The Hall–Kier alpha value is -1.85. The van der Waals surface area contributed by atoms with E-state index in [1.807, 2.05) is 0 Å². The van der Waals surface area contributed by atoms with Crippen molar-refractivity contribution in [2.45, 2.75) is 44.0 Å². The molecule has 1 aliphatic heterocycles. The molecule has 1 saturated heterocycles. The lowest BCUT2D eigenvalue weighted by atomic mass is 10.1. The van der Waals surface area contributed by atoms with Gasteiger partial charge in [-0.1, -0.05) is 0 Å². The largest absolute Gasteiger partial charge is 0.480 e. The van der Waals surface area contributed by atoms with Crippen molar-refractivity contribution in [3.63, 3.8) is 0 Å². The summed E-state index contributed by atoms with van der Waals surface area (Å²) in [5.41, 5.74) is 5.67. The SMILES string of the molecule is CC(O)C(NC(=O)C1CCCN1C(=O)C(N)CS)C(=O)NCC(=O)O. The van der Waals surface area contributed by atoms with Gasteiger partial charge in [-0.3, -0.25) is 19.2 Å². The molecule has 0 spiro atoms. The number of aliphatic carboxylic acids is 1. The number of thiol groups is 1. The van der Waals surface area contributed by atoms with E-state index in [2.05, 4.69) is 23.3 Å². The molecule has 4 unspecified atom stereocenters. The van der Waals surface area contributed by atoms with E-state index in [1.54, 1.807) is 0 Å². The second-order valence-electron chi connectivity index (χ2n) is 5.82. The molecule has 3 amide bonds. The first kappa shape index (κ1) is 21.2. The van der Waals surface area contributed by atoms with Gasteiger partial charge in [-0.05, 0) is 19.8 Å². The highest BCUT2D eigenvalue weighted by molar-refractivity contribution is 7.80. The molecular formula is C14H24N4O6S. The van der Waals surface area contributed by atoms with Crippen LogP contribution >= 0.6 is 12.6 Å². The number of rotatable bonds is 8. The van der Waals surface area contributed by atoms with E-state index in [1.165, 1.54) is 11.8 Å². The van der Waals surface area contributed by atoms with Gasteiger partial charge in [0.25, 0.3) is 0 Å². The van der Waals surface area contributed by atoms with Crippen molar-refractivity contribution in [2.24, 2.45) is 5.73 Å². The number of nitrogens with one attached hydrogen (secondary N) is 2. The monoisotopic (exact) mass is 376 g/mol. The molecule has 0 aromatic heterocycles. The van der Waals surface area contributed by atoms with Gasteiger partial charge < -0.3 is 31.5 Å². The van der Waals surface area contributed by atoms with Crippen LogP contribution in [0.25, 0.3) is 0 Å². The second kappa shape index (κ2) is 9.59. The zero-order valence-corrected chi connectivity index (χ0v) is 14.7. The molecule has 1 fully saturated rings. The molecule has 1 heterocycles. The van der Waals surface area contributed by atoms with Crippen LogP contribution in [0, 0.1) is 0 Å². The zero-order chi connectivity index (χ0) is 19.1. The van der Waals surface area contributed by atoms with Crippen LogP contribution in [0.5, 0.6) is 0 Å². The molecule has 6 N–H and O–H groups in total. The Balaban J connectivity index is 2.77. The average molecular weight is 376 g/mol.